The molecule has 0 aliphatic carbocycles. The number of hydrogen-bond acceptors (Lipinski definition) is 6. The van der Waals surface area contributed by atoms with Gasteiger partial charge >= 0.3 is 0 Å². The Morgan fingerprint density at radius 3 is 2.47 bits per heavy atom. The normalized spacial score (nSPS) is 11.3. The summed E-state index contributed by atoms with van der Waals surface area (Å²) in [4.78, 5) is 19.9. The molecule has 0 aliphatic rings. The quantitative estimate of drug-likeness (QED) is 0.539. The minimum atomic E-state index is -3.92. The lowest BCUT2D eigenvalue weighted by molar-refractivity contribution is -0.111. The number of hydrogen-bond donors (Lipinski definition) is 2. The molecular weight excluding hydrogens is 428 g/mol. The Morgan fingerprint density at radius 1 is 1.07 bits per heavy atom. The Balaban J connectivity index is 1.68. The van der Waals surface area contributed by atoms with Gasteiger partial charge in [-0.05, 0) is 42.0 Å². The van der Waals surface area contributed by atoms with Gasteiger partial charge in [-0.3, -0.25) is 9.52 Å². The molecule has 0 spiro atoms. The van der Waals surface area contributed by atoms with Crippen molar-refractivity contribution >= 4 is 45.1 Å². The number of nitrogens with one attached hydrogen (secondary N) is 2. The lowest BCUT2D eigenvalue weighted by atomic mass is 10.2. The number of anilines is 2. The van der Waals surface area contributed by atoms with E-state index in [-0.39, 0.29) is 22.5 Å². The van der Waals surface area contributed by atoms with Crippen molar-refractivity contribution in [3.8, 4) is 5.88 Å². The maximum Gasteiger partial charge on any atom is 0.263 e. The van der Waals surface area contributed by atoms with Crippen LogP contribution < -0.4 is 14.8 Å². The molecule has 1 heterocycles. The summed E-state index contributed by atoms with van der Waals surface area (Å²) in [6, 6.07) is 12.8. The maximum atomic E-state index is 12.5. The monoisotopic (exact) mass is 444 g/mol. The van der Waals surface area contributed by atoms with Crippen molar-refractivity contribution in [3.05, 3.63) is 77.6 Å². The molecule has 1 aromatic heterocycles. The number of carbonyl (C=O) groups is 1. The van der Waals surface area contributed by atoms with Crippen LogP contribution in [0.25, 0.3) is 6.08 Å². The minimum Gasteiger partial charge on any atom is -0.478 e. The fraction of sp³-hybridized carbons (Fsp3) is 0.0500. The van der Waals surface area contributed by atoms with Crippen LogP contribution in [-0.4, -0.2) is 31.4 Å². The standard InChI is InChI=1S/C20H17ClN4O4S/c1-29-20-19(22-12-13-23-20)25-30(27,28)16-9-7-15(8-10-16)24-18(26)11-6-14-4-2-3-5-17(14)21/h2-13H,1H3,(H,22,25)(H,24,26)/b11-6+. The SMILES string of the molecule is COc1nccnc1NS(=O)(=O)c1ccc(NC(=O)/C=C/c2ccccc2Cl)cc1. The van der Waals surface area contributed by atoms with Gasteiger partial charge < -0.3 is 10.1 Å². The summed E-state index contributed by atoms with van der Waals surface area (Å²) >= 11 is 6.04. The first-order chi connectivity index (χ1) is 14.4. The van der Waals surface area contributed by atoms with Crippen LogP contribution in [0.5, 0.6) is 5.88 Å². The smallest absolute Gasteiger partial charge is 0.263 e. The molecule has 0 bridgehead atoms. The zero-order valence-corrected chi connectivity index (χ0v) is 17.3. The second kappa shape index (κ2) is 9.38. The Kier molecular flexibility index (Phi) is 6.65. The first kappa shape index (κ1) is 21.3. The van der Waals surface area contributed by atoms with Gasteiger partial charge in [-0.2, -0.15) is 0 Å². The fourth-order valence-corrected chi connectivity index (χ4v) is 3.61. The van der Waals surface area contributed by atoms with Gasteiger partial charge in [-0.15, -0.1) is 0 Å². The highest BCUT2D eigenvalue weighted by molar-refractivity contribution is 7.92. The molecule has 0 unspecified atom stereocenters. The zero-order chi connectivity index (χ0) is 21.6. The van der Waals surface area contributed by atoms with E-state index in [0.29, 0.717) is 16.3 Å². The van der Waals surface area contributed by atoms with Gasteiger partial charge in [-0.1, -0.05) is 29.8 Å². The fourth-order valence-electron chi connectivity index (χ4n) is 2.41. The highest BCUT2D eigenvalue weighted by Crippen LogP contribution is 2.22. The van der Waals surface area contributed by atoms with E-state index in [1.54, 1.807) is 24.3 Å². The van der Waals surface area contributed by atoms with Crippen molar-refractivity contribution in [2.75, 3.05) is 17.1 Å². The van der Waals surface area contributed by atoms with Crippen LogP contribution in [0.15, 0.2) is 71.9 Å². The second-order valence-electron chi connectivity index (χ2n) is 5.89. The third kappa shape index (κ3) is 5.34. The van der Waals surface area contributed by atoms with Crippen LogP contribution in [0.4, 0.5) is 11.5 Å². The van der Waals surface area contributed by atoms with E-state index >= 15 is 0 Å². The van der Waals surface area contributed by atoms with Crippen LogP contribution in [0.1, 0.15) is 5.56 Å². The third-order valence-electron chi connectivity index (χ3n) is 3.84. The highest BCUT2D eigenvalue weighted by Gasteiger charge is 2.18. The molecule has 2 N–H and O–H groups in total. The summed E-state index contributed by atoms with van der Waals surface area (Å²) in [6.45, 7) is 0. The lowest BCUT2D eigenvalue weighted by Crippen LogP contribution is -2.15. The molecule has 3 rings (SSSR count). The van der Waals surface area contributed by atoms with Gasteiger partial charge in [0, 0.05) is 29.2 Å². The molecule has 1 amide bonds. The summed E-state index contributed by atoms with van der Waals surface area (Å²) in [6.07, 6.45) is 5.66. The second-order valence-corrected chi connectivity index (χ2v) is 7.98. The predicted octanol–water partition coefficient (Wildman–Crippen LogP) is 3.59. The molecule has 10 heteroatoms. The Labute approximate surface area is 178 Å². The van der Waals surface area contributed by atoms with Crippen molar-refractivity contribution in [3.63, 3.8) is 0 Å². The number of ether oxygens (including phenoxy) is 1. The van der Waals surface area contributed by atoms with Crippen molar-refractivity contribution in [2.45, 2.75) is 4.90 Å². The lowest BCUT2D eigenvalue weighted by Gasteiger charge is -2.10. The number of nitrogens with zero attached hydrogens (tertiary/aromatic N) is 2. The van der Waals surface area contributed by atoms with E-state index in [1.165, 1.54) is 49.8 Å². The van der Waals surface area contributed by atoms with E-state index < -0.39 is 10.0 Å². The van der Waals surface area contributed by atoms with Gasteiger partial charge in [-0.25, -0.2) is 18.4 Å². The molecule has 0 saturated heterocycles. The number of sulfonamides is 1. The number of carbonyl (C=O) groups excluding carboxylic acids is 1. The number of aromatic nitrogens is 2. The molecule has 2 aromatic carbocycles. The molecular formula is C20H17ClN4O4S. The van der Waals surface area contributed by atoms with Crippen molar-refractivity contribution in [1.82, 2.24) is 9.97 Å². The van der Waals surface area contributed by atoms with E-state index in [2.05, 4.69) is 20.0 Å². The van der Waals surface area contributed by atoms with Gasteiger partial charge in [0.2, 0.25) is 11.7 Å². The molecule has 3 aromatic rings. The van der Waals surface area contributed by atoms with Gasteiger partial charge in [0.25, 0.3) is 15.9 Å². The molecule has 0 fully saturated rings. The number of benzene rings is 2. The average Bonchev–Trinajstić information content (AvgIpc) is 2.74. The number of methoxy groups -OCH3 is 1. The van der Waals surface area contributed by atoms with Crippen LogP contribution in [0, 0.1) is 0 Å². The number of amides is 1. The van der Waals surface area contributed by atoms with Crippen LogP contribution in [0.3, 0.4) is 0 Å². The van der Waals surface area contributed by atoms with Crippen LogP contribution in [0.2, 0.25) is 5.02 Å². The summed E-state index contributed by atoms with van der Waals surface area (Å²) in [5.74, 6) is -0.356. The third-order valence-corrected chi connectivity index (χ3v) is 5.54. The molecule has 0 radical (unpaired) electrons. The van der Waals surface area contributed by atoms with Crippen LogP contribution in [-0.2, 0) is 14.8 Å². The topological polar surface area (TPSA) is 110 Å². The zero-order valence-electron chi connectivity index (χ0n) is 15.7. The largest absolute Gasteiger partial charge is 0.478 e. The molecule has 154 valence electrons. The van der Waals surface area contributed by atoms with Crippen molar-refractivity contribution in [1.29, 1.82) is 0 Å². The summed E-state index contributed by atoms with van der Waals surface area (Å²) in [5.41, 5.74) is 1.14. The summed E-state index contributed by atoms with van der Waals surface area (Å²) < 4.78 is 32.4. The van der Waals surface area contributed by atoms with E-state index in [0.717, 1.165) is 0 Å². The van der Waals surface area contributed by atoms with Crippen molar-refractivity contribution in [2.24, 2.45) is 0 Å². The van der Waals surface area contributed by atoms with Gasteiger partial charge in [0.15, 0.2) is 0 Å². The van der Waals surface area contributed by atoms with Gasteiger partial charge in [0.1, 0.15) is 0 Å². The summed E-state index contributed by atoms with van der Waals surface area (Å²) in [5, 5.41) is 3.18. The highest BCUT2D eigenvalue weighted by atomic mass is 35.5. The molecule has 0 atom stereocenters. The van der Waals surface area contributed by atoms with E-state index in [4.69, 9.17) is 16.3 Å². The molecule has 0 saturated carbocycles. The van der Waals surface area contributed by atoms with E-state index in [1.807, 2.05) is 6.07 Å². The van der Waals surface area contributed by atoms with Crippen LogP contribution >= 0.6 is 11.6 Å². The van der Waals surface area contributed by atoms with Gasteiger partial charge in [0.05, 0.1) is 12.0 Å². The Hall–Kier alpha value is -3.43. The first-order valence-corrected chi connectivity index (χ1v) is 10.5. The first-order valence-electron chi connectivity index (χ1n) is 8.60. The minimum absolute atomic E-state index is 0.0141. The molecule has 30 heavy (non-hydrogen) atoms. The molecule has 8 nitrogen and oxygen atoms in total. The molecule has 0 aliphatic heterocycles. The number of rotatable bonds is 7. The Bertz CT molecular complexity index is 1180. The summed E-state index contributed by atoms with van der Waals surface area (Å²) in [7, 11) is -2.56. The Morgan fingerprint density at radius 2 is 1.77 bits per heavy atom. The van der Waals surface area contributed by atoms with E-state index in [9.17, 15) is 13.2 Å². The average molecular weight is 445 g/mol. The predicted molar refractivity (Wildman–Crippen MR) is 115 cm³/mol. The number of halogens is 1. The maximum absolute atomic E-state index is 12.5. The van der Waals surface area contributed by atoms with Crippen molar-refractivity contribution < 1.29 is 17.9 Å².